The predicted molar refractivity (Wildman–Crippen MR) is 208 cm³/mol. The van der Waals surface area contributed by atoms with Gasteiger partial charge in [-0.2, -0.15) is 0 Å². The van der Waals surface area contributed by atoms with Gasteiger partial charge in [0.1, 0.15) is 0 Å². The van der Waals surface area contributed by atoms with Gasteiger partial charge in [-0.25, -0.2) is 9.97 Å². The molecule has 0 amide bonds. The molecule has 1 aliphatic carbocycles. The summed E-state index contributed by atoms with van der Waals surface area (Å²) in [5.74, 6) is 0.709. The Morgan fingerprint density at radius 1 is 0.480 bits per heavy atom. The van der Waals surface area contributed by atoms with Crippen molar-refractivity contribution in [2.24, 2.45) is 0 Å². The van der Waals surface area contributed by atoms with Gasteiger partial charge < -0.3 is 4.57 Å². The summed E-state index contributed by atoms with van der Waals surface area (Å²) in [5.41, 5.74) is 13.8. The molecule has 236 valence electrons. The molecule has 3 heteroatoms. The van der Waals surface area contributed by atoms with Gasteiger partial charge in [-0.3, -0.25) is 0 Å². The number of para-hydroxylation sites is 1. The first-order chi connectivity index (χ1) is 24.6. The molecule has 0 aliphatic heterocycles. The lowest BCUT2D eigenvalue weighted by molar-refractivity contribution is 0.645. The zero-order chi connectivity index (χ0) is 33.4. The Kier molecular flexibility index (Phi) is 6.22. The summed E-state index contributed by atoms with van der Waals surface area (Å²) >= 11 is 0. The molecule has 0 unspecified atom stereocenters. The summed E-state index contributed by atoms with van der Waals surface area (Å²) in [6, 6.07) is 58.6. The van der Waals surface area contributed by atoms with Gasteiger partial charge in [-0.1, -0.05) is 135 Å². The highest BCUT2D eigenvalue weighted by atomic mass is 15.0. The fourth-order valence-corrected chi connectivity index (χ4v) is 8.21. The average molecular weight is 640 g/mol. The number of rotatable bonds is 4. The van der Waals surface area contributed by atoms with Gasteiger partial charge in [0.25, 0.3) is 0 Å². The number of nitrogens with zero attached hydrogens (tertiary/aromatic N) is 3. The van der Waals surface area contributed by atoms with Crippen molar-refractivity contribution in [3.05, 3.63) is 175 Å². The number of hydrogen-bond donors (Lipinski definition) is 0. The maximum atomic E-state index is 5.08. The van der Waals surface area contributed by atoms with Crippen molar-refractivity contribution in [3.8, 4) is 50.7 Å². The largest absolute Gasteiger partial charge is 0.309 e. The van der Waals surface area contributed by atoms with Crippen LogP contribution in [0.1, 0.15) is 25.0 Å². The van der Waals surface area contributed by atoms with Crippen LogP contribution in [-0.4, -0.2) is 14.5 Å². The number of fused-ring (bicyclic) bond motifs is 6. The number of hydrogen-bond acceptors (Lipinski definition) is 2. The van der Waals surface area contributed by atoms with Gasteiger partial charge in [0.05, 0.1) is 22.4 Å². The van der Waals surface area contributed by atoms with Crippen LogP contribution in [0.25, 0.3) is 83.3 Å². The minimum Gasteiger partial charge on any atom is -0.309 e. The lowest BCUT2D eigenvalue weighted by Crippen LogP contribution is -2.23. The van der Waals surface area contributed by atoms with Crippen molar-refractivity contribution in [2.75, 3.05) is 0 Å². The summed E-state index contributed by atoms with van der Waals surface area (Å²) in [7, 11) is 0. The lowest BCUT2D eigenvalue weighted by Gasteiger charge is -2.35. The normalized spacial score (nSPS) is 13.2. The summed E-state index contributed by atoms with van der Waals surface area (Å²) < 4.78 is 2.43. The van der Waals surface area contributed by atoms with E-state index in [2.05, 4.69) is 170 Å². The van der Waals surface area contributed by atoms with E-state index in [4.69, 9.17) is 9.97 Å². The molecule has 50 heavy (non-hydrogen) atoms. The van der Waals surface area contributed by atoms with Crippen LogP contribution in [0.15, 0.2) is 164 Å². The maximum absolute atomic E-state index is 5.08. The van der Waals surface area contributed by atoms with Crippen LogP contribution >= 0.6 is 0 Å². The highest BCUT2D eigenvalue weighted by molar-refractivity contribution is 6.24. The third-order valence-electron chi connectivity index (χ3n) is 10.6. The predicted octanol–water partition coefficient (Wildman–Crippen LogP) is 12.0. The highest BCUT2D eigenvalue weighted by Crippen LogP contribution is 2.52. The molecule has 1 aliphatic rings. The molecule has 0 N–H and O–H groups in total. The summed E-state index contributed by atoms with van der Waals surface area (Å²) in [5, 5.41) is 5.21. The van der Waals surface area contributed by atoms with E-state index in [1.807, 2.05) is 12.1 Å². The van der Waals surface area contributed by atoms with Crippen LogP contribution in [0.4, 0.5) is 0 Å². The zero-order valence-electron chi connectivity index (χ0n) is 27.9. The Labute approximate surface area is 291 Å². The van der Waals surface area contributed by atoms with E-state index >= 15 is 0 Å². The summed E-state index contributed by atoms with van der Waals surface area (Å²) in [6.07, 6.45) is 0. The molecule has 0 saturated heterocycles. The molecule has 2 heterocycles. The second kappa shape index (κ2) is 10.8. The van der Waals surface area contributed by atoms with Crippen LogP contribution < -0.4 is 0 Å². The van der Waals surface area contributed by atoms with Crippen molar-refractivity contribution in [1.82, 2.24) is 14.5 Å². The summed E-state index contributed by atoms with van der Waals surface area (Å²) in [4.78, 5) is 10.2. The van der Waals surface area contributed by atoms with E-state index in [0.717, 1.165) is 33.8 Å². The van der Waals surface area contributed by atoms with Gasteiger partial charge in [0, 0.05) is 44.1 Å². The van der Waals surface area contributed by atoms with Gasteiger partial charge in [0.2, 0.25) is 0 Å². The second-order valence-electron chi connectivity index (χ2n) is 13.8. The first-order valence-electron chi connectivity index (χ1n) is 17.3. The first-order valence-corrected chi connectivity index (χ1v) is 17.3. The maximum Gasteiger partial charge on any atom is 0.160 e. The number of benzene rings is 7. The molecule has 0 spiro atoms. The third kappa shape index (κ3) is 4.23. The van der Waals surface area contributed by atoms with Crippen LogP contribution in [-0.2, 0) is 5.41 Å². The molecule has 10 rings (SSSR count). The fraction of sp³-hybridized carbons (Fsp3) is 0.0638. The average Bonchev–Trinajstić information content (AvgIpc) is 3.51. The highest BCUT2D eigenvalue weighted by Gasteiger charge is 2.35. The Morgan fingerprint density at radius 3 is 1.82 bits per heavy atom. The van der Waals surface area contributed by atoms with Crippen LogP contribution in [0.2, 0.25) is 0 Å². The molecular weight excluding hydrogens is 607 g/mol. The fourth-order valence-electron chi connectivity index (χ4n) is 8.21. The van der Waals surface area contributed by atoms with Gasteiger partial charge in [0.15, 0.2) is 5.82 Å². The van der Waals surface area contributed by atoms with Crippen LogP contribution in [0.3, 0.4) is 0 Å². The van der Waals surface area contributed by atoms with Crippen molar-refractivity contribution in [1.29, 1.82) is 0 Å². The SMILES string of the molecule is CC1(C)c2ccccc2-c2c3c1cccc3cc1c2c2ccccc2n1-c1ccc(-c2nc(-c3ccccc3)cc(-c3ccccc3)n2)cc1. The zero-order valence-corrected chi connectivity index (χ0v) is 27.9. The van der Waals surface area contributed by atoms with Crippen molar-refractivity contribution >= 4 is 32.6 Å². The quantitative estimate of drug-likeness (QED) is 0.192. The van der Waals surface area contributed by atoms with Crippen molar-refractivity contribution in [3.63, 3.8) is 0 Å². The first kappa shape index (κ1) is 28.7. The monoisotopic (exact) mass is 639 g/mol. The number of aromatic nitrogens is 3. The van der Waals surface area contributed by atoms with Crippen molar-refractivity contribution in [2.45, 2.75) is 19.3 Å². The van der Waals surface area contributed by atoms with E-state index in [0.29, 0.717) is 5.82 Å². The summed E-state index contributed by atoms with van der Waals surface area (Å²) in [6.45, 7) is 4.72. The Hall–Kier alpha value is -6.32. The molecule has 0 saturated carbocycles. The van der Waals surface area contributed by atoms with E-state index in [9.17, 15) is 0 Å². The van der Waals surface area contributed by atoms with Crippen LogP contribution in [0, 0.1) is 0 Å². The Bertz CT molecular complexity index is 2700. The third-order valence-corrected chi connectivity index (χ3v) is 10.6. The minimum atomic E-state index is -0.0920. The van der Waals surface area contributed by atoms with E-state index in [1.54, 1.807) is 0 Å². The molecule has 3 nitrogen and oxygen atoms in total. The van der Waals surface area contributed by atoms with Gasteiger partial charge >= 0.3 is 0 Å². The molecule has 0 fully saturated rings. The Morgan fingerprint density at radius 2 is 1.10 bits per heavy atom. The molecular formula is C47H33N3. The van der Waals surface area contributed by atoms with Gasteiger partial charge in [-0.15, -0.1) is 0 Å². The molecule has 7 aromatic carbocycles. The topological polar surface area (TPSA) is 30.7 Å². The van der Waals surface area contributed by atoms with E-state index in [1.165, 1.54) is 54.8 Å². The van der Waals surface area contributed by atoms with Crippen molar-refractivity contribution < 1.29 is 0 Å². The lowest BCUT2D eigenvalue weighted by atomic mass is 9.68. The molecule has 2 aromatic heterocycles. The second-order valence-corrected chi connectivity index (χ2v) is 13.8. The molecule has 0 bridgehead atoms. The van der Waals surface area contributed by atoms with Gasteiger partial charge in [-0.05, 0) is 69.9 Å². The molecule has 0 radical (unpaired) electrons. The molecule has 9 aromatic rings. The standard InChI is InChI=1S/C47H33N3/c1-47(2)37-21-11-9-19-35(37)45-43-33(18-13-22-38(43)47)28-42-44(45)36-20-10-12-23-41(36)50(42)34-26-24-32(25-27-34)46-48-39(30-14-5-3-6-15-30)29-40(49-46)31-16-7-4-8-17-31/h3-29H,1-2H3. The molecule has 0 atom stereocenters. The van der Waals surface area contributed by atoms with E-state index in [-0.39, 0.29) is 5.41 Å². The smallest absolute Gasteiger partial charge is 0.160 e. The Balaban J connectivity index is 1.19. The van der Waals surface area contributed by atoms with E-state index < -0.39 is 0 Å². The van der Waals surface area contributed by atoms with Crippen LogP contribution in [0.5, 0.6) is 0 Å². The minimum absolute atomic E-state index is 0.0920.